The quantitative estimate of drug-likeness (QED) is 0.334. The van der Waals surface area contributed by atoms with Crippen molar-refractivity contribution in [2.24, 2.45) is 0 Å². The zero-order chi connectivity index (χ0) is 24.0. The number of fused-ring (bicyclic) bond motifs is 3. The number of imidazole rings is 1. The van der Waals surface area contributed by atoms with Crippen molar-refractivity contribution in [3.63, 3.8) is 0 Å². The third-order valence-corrected chi connectivity index (χ3v) is 7.90. The van der Waals surface area contributed by atoms with Gasteiger partial charge in [-0.05, 0) is 51.3 Å². The molecule has 2 saturated heterocycles. The molecule has 0 spiro atoms. The zero-order valence-corrected chi connectivity index (χ0v) is 22.2. The summed E-state index contributed by atoms with van der Waals surface area (Å²) in [6, 6.07) is 1.26. The first kappa shape index (κ1) is 24.2. The molecular formula is C22H35ClN6O3Si. The van der Waals surface area contributed by atoms with Crippen LogP contribution in [0, 0.1) is 0 Å². The second-order valence-electron chi connectivity index (χ2n) is 11.2. The van der Waals surface area contributed by atoms with Crippen molar-refractivity contribution < 1.29 is 14.3 Å². The van der Waals surface area contributed by atoms with Gasteiger partial charge in [0.1, 0.15) is 12.3 Å². The molecule has 0 N–H and O–H groups in total. The molecule has 2 bridgehead atoms. The lowest BCUT2D eigenvalue weighted by molar-refractivity contribution is 0.0123. The summed E-state index contributed by atoms with van der Waals surface area (Å²) in [6.45, 7) is 15.1. The average Bonchev–Trinajstić information content (AvgIpc) is 3.20. The minimum absolute atomic E-state index is 0.0781. The van der Waals surface area contributed by atoms with Crippen LogP contribution >= 0.6 is 11.6 Å². The third-order valence-electron chi connectivity index (χ3n) is 6.03. The summed E-state index contributed by atoms with van der Waals surface area (Å²) >= 11 is 6.32. The predicted octanol–water partition coefficient (Wildman–Crippen LogP) is 4.38. The maximum absolute atomic E-state index is 12.8. The van der Waals surface area contributed by atoms with Crippen LogP contribution in [0.1, 0.15) is 33.6 Å². The van der Waals surface area contributed by atoms with Crippen LogP contribution in [0.3, 0.4) is 0 Å². The SMILES string of the molecule is CC(C)(C)OC(=O)N1C2CCC1CN(c1nc(Cl)nc3c1ncn3COCC[Si](C)(C)C)C2. The Balaban J connectivity index is 1.50. The fraction of sp³-hybridized carbons (Fsp3) is 0.727. The highest BCUT2D eigenvalue weighted by Crippen LogP contribution is 2.35. The molecule has 2 fully saturated rings. The largest absolute Gasteiger partial charge is 0.444 e. The predicted molar refractivity (Wildman–Crippen MR) is 132 cm³/mol. The van der Waals surface area contributed by atoms with Crippen LogP contribution in [-0.4, -0.2) is 76.0 Å². The molecule has 2 unspecified atom stereocenters. The first-order valence-corrected chi connectivity index (χ1v) is 15.7. The number of ether oxygens (including phenoxy) is 2. The Kier molecular flexibility index (Phi) is 6.63. The summed E-state index contributed by atoms with van der Waals surface area (Å²) in [5, 5.41) is 0.184. The molecule has 1 amide bonds. The summed E-state index contributed by atoms with van der Waals surface area (Å²) in [5.41, 5.74) is 0.863. The first-order chi connectivity index (χ1) is 15.4. The molecule has 4 heterocycles. The topological polar surface area (TPSA) is 85.6 Å². The lowest BCUT2D eigenvalue weighted by Crippen LogP contribution is -2.57. The third kappa shape index (κ3) is 5.60. The summed E-state index contributed by atoms with van der Waals surface area (Å²) in [4.78, 5) is 30.4. The normalized spacial score (nSPS) is 21.2. The van der Waals surface area contributed by atoms with Crippen molar-refractivity contribution in [2.75, 3.05) is 24.6 Å². The van der Waals surface area contributed by atoms with Gasteiger partial charge in [-0.1, -0.05) is 19.6 Å². The van der Waals surface area contributed by atoms with E-state index in [1.807, 2.05) is 30.2 Å². The van der Waals surface area contributed by atoms with Crippen LogP contribution < -0.4 is 4.90 Å². The lowest BCUT2D eigenvalue weighted by atomic mass is 10.2. The molecule has 0 aliphatic carbocycles. The summed E-state index contributed by atoms with van der Waals surface area (Å²) in [6.07, 6.45) is 3.39. The zero-order valence-electron chi connectivity index (χ0n) is 20.5. The highest BCUT2D eigenvalue weighted by molar-refractivity contribution is 6.76. The van der Waals surface area contributed by atoms with Crippen molar-refractivity contribution in [1.29, 1.82) is 0 Å². The number of amides is 1. The summed E-state index contributed by atoms with van der Waals surface area (Å²) < 4.78 is 13.4. The fourth-order valence-electron chi connectivity index (χ4n) is 4.45. The minimum atomic E-state index is -1.15. The maximum atomic E-state index is 12.8. The Morgan fingerprint density at radius 1 is 1.18 bits per heavy atom. The van der Waals surface area contributed by atoms with E-state index in [4.69, 9.17) is 21.1 Å². The van der Waals surface area contributed by atoms with Gasteiger partial charge >= 0.3 is 6.09 Å². The van der Waals surface area contributed by atoms with Gasteiger partial charge in [-0.25, -0.2) is 9.78 Å². The molecular weight excluding hydrogens is 460 g/mol. The van der Waals surface area contributed by atoms with Gasteiger partial charge in [-0.15, -0.1) is 0 Å². The van der Waals surface area contributed by atoms with E-state index in [0.29, 0.717) is 36.8 Å². The van der Waals surface area contributed by atoms with Gasteiger partial charge in [0.15, 0.2) is 17.0 Å². The monoisotopic (exact) mass is 494 g/mol. The van der Waals surface area contributed by atoms with Crippen molar-refractivity contribution in [2.45, 2.75) is 83.7 Å². The van der Waals surface area contributed by atoms with E-state index in [9.17, 15) is 4.79 Å². The van der Waals surface area contributed by atoms with Gasteiger partial charge in [0.25, 0.3) is 0 Å². The molecule has 0 saturated carbocycles. The molecule has 33 heavy (non-hydrogen) atoms. The number of aromatic nitrogens is 4. The van der Waals surface area contributed by atoms with E-state index in [-0.39, 0.29) is 23.5 Å². The van der Waals surface area contributed by atoms with Crippen molar-refractivity contribution >= 4 is 42.7 Å². The molecule has 4 rings (SSSR count). The van der Waals surface area contributed by atoms with Gasteiger partial charge in [-0.2, -0.15) is 9.97 Å². The van der Waals surface area contributed by atoms with Crippen molar-refractivity contribution in [3.8, 4) is 0 Å². The van der Waals surface area contributed by atoms with E-state index < -0.39 is 13.7 Å². The van der Waals surface area contributed by atoms with Crippen molar-refractivity contribution in [3.05, 3.63) is 11.6 Å². The van der Waals surface area contributed by atoms with Gasteiger partial charge in [0.05, 0.1) is 18.4 Å². The molecule has 0 aromatic carbocycles. The fourth-order valence-corrected chi connectivity index (χ4v) is 5.37. The number of anilines is 1. The molecule has 11 heteroatoms. The highest BCUT2D eigenvalue weighted by atomic mass is 35.5. The summed E-state index contributed by atoms with van der Waals surface area (Å²) in [7, 11) is -1.15. The molecule has 2 aliphatic rings. The second kappa shape index (κ2) is 9.03. The van der Waals surface area contributed by atoms with Gasteiger partial charge in [0, 0.05) is 27.8 Å². The molecule has 2 aromatic heterocycles. The van der Waals surface area contributed by atoms with Crippen LogP contribution in [0.25, 0.3) is 11.2 Å². The Labute approximate surface area is 201 Å². The van der Waals surface area contributed by atoms with E-state index in [1.165, 1.54) is 0 Å². The molecule has 0 radical (unpaired) electrons. The maximum Gasteiger partial charge on any atom is 0.410 e. The highest BCUT2D eigenvalue weighted by Gasteiger charge is 2.45. The van der Waals surface area contributed by atoms with E-state index >= 15 is 0 Å². The number of hydrogen-bond acceptors (Lipinski definition) is 7. The number of nitrogens with zero attached hydrogens (tertiary/aromatic N) is 6. The Morgan fingerprint density at radius 3 is 2.45 bits per heavy atom. The number of carbonyl (C=O) groups excluding carboxylic acids is 1. The van der Waals surface area contributed by atoms with Crippen LogP contribution in [0.4, 0.5) is 10.6 Å². The van der Waals surface area contributed by atoms with Crippen LogP contribution in [0.15, 0.2) is 6.33 Å². The van der Waals surface area contributed by atoms with Crippen molar-refractivity contribution in [1.82, 2.24) is 24.4 Å². The van der Waals surface area contributed by atoms with E-state index in [0.717, 1.165) is 25.5 Å². The molecule has 2 atom stereocenters. The smallest absolute Gasteiger partial charge is 0.410 e. The number of hydrogen-bond donors (Lipinski definition) is 0. The molecule has 9 nitrogen and oxygen atoms in total. The number of carbonyl (C=O) groups is 1. The average molecular weight is 495 g/mol. The van der Waals surface area contributed by atoms with E-state index in [1.54, 1.807) is 6.33 Å². The van der Waals surface area contributed by atoms with Crippen LogP contribution in [0.5, 0.6) is 0 Å². The Morgan fingerprint density at radius 2 is 1.85 bits per heavy atom. The second-order valence-corrected chi connectivity index (χ2v) is 17.2. The van der Waals surface area contributed by atoms with Gasteiger partial charge in [0.2, 0.25) is 5.28 Å². The van der Waals surface area contributed by atoms with Gasteiger partial charge < -0.3 is 14.4 Å². The van der Waals surface area contributed by atoms with Crippen LogP contribution in [-0.2, 0) is 16.2 Å². The molecule has 2 aliphatic heterocycles. The Hall–Kier alpha value is -1.91. The molecule has 2 aromatic rings. The molecule has 182 valence electrons. The van der Waals surface area contributed by atoms with Crippen LogP contribution in [0.2, 0.25) is 31.0 Å². The number of halogens is 1. The minimum Gasteiger partial charge on any atom is -0.444 e. The van der Waals surface area contributed by atoms with Gasteiger partial charge in [-0.3, -0.25) is 9.47 Å². The number of piperazine rings is 1. The number of rotatable bonds is 6. The Bertz CT molecular complexity index is 1000. The first-order valence-electron chi connectivity index (χ1n) is 11.6. The summed E-state index contributed by atoms with van der Waals surface area (Å²) in [5.74, 6) is 0.714. The lowest BCUT2D eigenvalue weighted by Gasteiger charge is -2.41. The standard InChI is InChI=1S/C22H35ClN6O3Si/c1-22(2,3)32-21(30)29-15-7-8-16(29)12-27(11-15)18-17-19(26-20(23)25-18)28(13-24-17)14-31-9-10-33(4,5)6/h13,15-16H,7-12,14H2,1-6H3. The van der Waals surface area contributed by atoms with E-state index in [2.05, 4.69) is 39.5 Å².